The third-order valence-corrected chi connectivity index (χ3v) is 2.68. The van der Waals surface area contributed by atoms with Crippen molar-refractivity contribution in [2.45, 2.75) is 26.3 Å². The molecule has 0 aliphatic rings. The first kappa shape index (κ1) is 13.3. The molecule has 0 saturated carbocycles. The van der Waals surface area contributed by atoms with E-state index in [0.29, 0.717) is 5.95 Å². The summed E-state index contributed by atoms with van der Waals surface area (Å²) in [5.41, 5.74) is 1.25. The van der Waals surface area contributed by atoms with Gasteiger partial charge in [0.2, 0.25) is 5.95 Å². The van der Waals surface area contributed by atoms with E-state index in [9.17, 15) is 0 Å². The fourth-order valence-electron chi connectivity index (χ4n) is 1.85. The number of hydrogen-bond donors (Lipinski definition) is 2. The van der Waals surface area contributed by atoms with Crippen LogP contribution in [0.3, 0.4) is 0 Å². The Morgan fingerprint density at radius 1 is 1.16 bits per heavy atom. The number of aromatic nitrogens is 3. The predicted octanol–water partition coefficient (Wildman–Crippen LogP) is 2.35. The van der Waals surface area contributed by atoms with Crippen LogP contribution < -0.4 is 10.6 Å². The molecule has 100 valence electrons. The second-order valence-corrected chi connectivity index (χ2v) is 4.40. The molecule has 0 fully saturated rings. The second kappa shape index (κ2) is 6.68. The SMILES string of the molecule is CCNc1ccnc(NC(C)Cc2ccncc2)n1. The van der Waals surface area contributed by atoms with Crippen molar-refractivity contribution in [2.24, 2.45) is 0 Å². The van der Waals surface area contributed by atoms with Gasteiger partial charge in [0.25, 0.3) is 0 Å². The first-order chi connectivity index (χ1) is 9.28. The highest BCUT2D eigenvalue weighted by Crippen LogP contribution is 2.09. The largest absolute Gasteiger partial charge is 0.370 e. The lowest BCUT2D eigenvalue weighted by atomic mass is 10.1. The molecule has 2 rings (SSSR count). The summed E-state index contributed by atoms with van der Waals surface area (Å²) in [6.07, 6.45) is 6.29. The second-order valence-electron chi connectivity index (χ2n) is 4.40. The van der Waals surface area contributed by atoms with E-state index < -0.39 is 0 Å². The van der Waals surface area contributed by atoms with Crippen molar-refractivity contribution < 1.29 is 0 Å². The Bertz CT molecular complexity index is 500. The Kier molecular flexibility index (Phi) is 4.66. The highest BCUT2D eigenvalue weighted by molar-refractivity contribution is 5.39. The molecular weight excluding hydrogens is 238 g/mol. The predicted molar refractivity (Wildman–Crippen MR) is 77.2 cm³/mol. The molecule has 0 aliphatic carbocycles. The van der Waals surface area contributed by atoms with Gasteiger partial charge in [-0.1, -0.05) is 0 Å². The third kappa shape index (κ3) is 4.21. The van der Waals surface area contributed by atoms with E-state index in [0.717, 1.165) is 18.8 Å². The van der Waals surface area contributed by atoms with Crippen LogP contribution in [0.5, 0.6) is 0 Å². The molecule has 1 unspecified atom stereocenters. The number of nitrogens with one attached hydrogen (secondary N) is 2. The number of hydrogen-bond acceptors (Lipinski definition) is 5. The van der Waals surface area contributed by atoms with Crippen LogP contribution in [0.1, 0.15) is 19.4 Å². The Balaban J connectivity index is 1.95. The molecule has 0 amide bonds. The highest BCUT2D eigenvalue weighted by atomic mass is 15.1. The standard InChI is InChI=1S/C14H19N5/c1-3-16-13-6-9-17-14(19-13)18-11(2)10-12-4-7-15-8-5-12/h4-9,11H,3,10H2,1-2H3,(H2,16,17,18,19). The molecule has 5 nitrogen and oxygen atoms in total. The molecule has 0 aromatic carbocycles. The van der Waals surface area contributed by atoms with Crippen molar-refractivity contribution in [2.75, 3.05) is 17.2 Å². The maximum absolute atomic E-state index is 4.40. The molecule has 2 aromatic heterocycles. The lowest BCUT2D eigenvalue weighted by molar-refractivity contribution is 0.776. The van der Waals surface area contributed by atoms with E-state index in [2.05, 4.69) is 32.5 Å². The van der Waals surface area contributed by atoms with E-state index in [1.807, 2.05) is 37.5 Å². The minimum atomic E-state index is 0.263. The zero-order valence-corrected chi connectivity index (χ0v) is 11.3. The van der Waals surface area contributed by atoms with Crippen LogP contribution in [0.2, 0.25) is 0 Å². The summed E-state index contributed by atoms with van der Waals surface area (Å²) >= 11 is 0. The fourth-order valence-corrected chi connectivity index (χ4v) is 1.85. The average molecular weight is 257 g/mol. The van der Waals surface area contributed by atoms with E-state index in [1.165, 1.54) is 5.56 Å². The molecule has 2 heterocycles. The Morgan fingerprint density at radius 2 is 1.95 bits per heavy atom. The third-order valence-electron chi connectivity index (χ3n) is 2.68. The van der Waals surface area contributed by atoms with Crippen molar-refractivity contribution >= 4 is 11.8 Å². The van der Waals surface area contributed by atoms with Gasteiger partial charge in [0.05, 0.1) is 0 Å². The Morgan fingerprint density at radius 3 is 2.68 bits per heavy atom. The van der Waals surface area contributed by atoms with Crippen molar-refractivity contribution in [1.82, 2.24) is 15.0 Å². The van der Waals surface area contributed by atoms with Crippen molar-refractivity contribution in [3.05, 3.63) is 42.4 Å². The Labute approximate surface area is 113 Å². The van der Waals surface area contributed by atoms with Gasteiger partial charge in [0.1, 0.15) is 5.82 Å². The summed E-state index contributed by atoms with van der Waals surface area (Å²) in [6, 6.07) is 6.17. The van der Waals surface area contributed by atoms with Gasteiger partial charge in [-0.2, -0.15) is 4.98 Å². The summed E-state index contributed by atoms with van der Waals surface area (Å²) in [4.78, 5) is 12.6. The van der Waals surface area contributed by atoms with Crippen LogP contribution in [-0.4, -0.2) is 27.5 Å². The van der Waals surface area contributed by atoms with Gasteiger partial charge in [-0.15, -0.1) is 0 Å². The van der Waals surface area contributed by atoms with Crippen molar-refractivity contribution in [1.29, 1.82) is 0 Å². The molecule has 2 N–H and O–H groups in total. The van der Waals surface area contributed by atoms with Gasteiger partial charge in [0.15, 0.2) is 0 Å². The van der Waals surface area contributed by atoms with E-state index >= 15 is 0 Å². The monoisotopic (exact) mass is 257 g/mol. The van der Waals surface area contributed by atoms with Crippen LogP contribution in [0.15, 0.2) is 36.8 Å². The zero-order valence-electron chi connectivity index (χ0n) is 11.3. The molecule has 0 aliphatic heterocycles. The Hall–Kier alpha value is -2.17. The van der Waals surface area contributed by atoms with Gasteiger partial charge < -0.3 is 10.6 Å². The minimum absolute atomic E-state index is 0.263. The smallest absolute Gasteiger partial charge is 0.224 e. The molecule has 0 spiro atoms. The lowest BCUT2D eigenvalue weighted by Gasteiger charge is -2.14. The van der Waals surface area contributed by atoms with Crippen molar-refractivity contribution in [3.63, 3.8) is 0 Å². The molecule has 5 heteroatoms. The zero-order chi connectivity index (χ0) is 13.5. The van der Waals surface area contributed by atoms with Crippen molar-refractivity contribution in [3.8, 4) is 0 Å². The molecule has 19 heavy (non-hydrogen) atoms. The number of nitrogens with zero attached hydrogens (tertiary/aromatic N) is 3. The summed E-state index contributed by atoms with van der Waals surface area (Å²) in [5, 5.41) is 6.48. The maximum atomic E-state index is 4.40. The fraction of sp³-hybridized carbons (Fsp3) is 0.357. The van der Waals surface area contributed by atoms with Crippen LogP contribution in [-0.2, 0) is 6.42 Å². The first-order valence-electron chi connectivity index (χ1n) is 6.50. The molecule has 0 saturated heterocycles. The van der Waals surface area contributed by atoms with Gasteiger partial charge in [-0.05, 0) is 44.0 Å². The van der Waals surface area contributed by atoms with Gasteiger partial charge in [0, 0.05) is 31.2 Å². The van der Waals surface area contributed by atoms with Crippen LogP contribution in [0.4, 0.5) is 11.8 Å². The van der Waals surface area contributed by atoms with Crippen LogP contribution >= 0.6 is 0 Å². The topological polar surface area (TPSA) is 62.7 Å². The van der Waals surface area contributed by atoms with Gasteiger partial charge in [-0.3, -0.25) is 4.98 Å². The molecule has 0 bridgehead atoms. The number of pyridine rings is 1. The summed E-state index contributed by atoms with van der Waals surface area (Å²) in [7, 11) is 0. The summed E-state index contributed by atoms with van der Waals surface area (Å²) in [6.45, 7) is 5.01. The lowest BCUT2D eigenvalue weighted by Crippen LogP contribution is -2.20. The summed E-state index contributed by atoms with van der Waals surface area (Å²) < 4.78 is 0. The van der Waals surface area contributed by atoms with Crippen LogP contribution in [0.25, 0.3) is 0 Å². The molecule has 2 aromatic rings. The normalized spacial score (nSPS) is 11.9. The summed E-state index contributed by atoms with van der Waals surface area (Å²) in [5.74, 6) is 1.50. The van der Waals surface area contributed by atoms with E-state index in [-0.39, 0.29) is 6.04 Å². The van der Waals surface area contributed by atoms with Crippen LogP contribution in [0, 0.1) is 0 Å². The highest BCUT2D eigenvalue weighted by Gasteiger charge is 2.05. The first-order valence-corrected chi connectivity index (χ1v) is 6.50. The van der Waals surface area contributed by atoms with E-state index in [4.69, 9.17) is 0 Å². The minimum Gasteiger partial charge on any atom is -0.370 e. The molecular formula is C14H19N5. The van der Waals surface area contributed by atoms with Gasteiger partial charge >= 0.3 is 0 Å². The van der Waals surface area contributed by atoms with E-state index in [1.54, 1.807) is 6.20 Å². The van der Waals surface area contributed by atoms with Gasteiger partial charge in [-0.25, -0.2) is 4.98 Å². The average Bonchev–Trinajstić information content (AvgIpc) is 2.40. The molecule has 1 atom stereocenters. The quantitative estimate of drug-likeness (QED) is 0.831. The number of rotatable bonds is 6. The maximum Gasteiger partial charge on any atom is 0.224 e. The number of anilines is 2. The molecule has 0 radical (unpaired) electrons.